The smallest absolute Gasteiger partial charge is 0.428 e. The molecule has 0 aromatic heterocycles. The molecule has 2 atom stereocenters. The summed E-state index contributed by atoms with van der Waals surface area (Å²) < 4.78 is 56.8. The van der Waals surface area contributed by atoms with E-state index >= 15 is 0 Å². The SMILES string of the molecule is CC(C)NC(=O)c1ccc(C(O)C(Cc2cccc(OC(F)(F)C(F)F)c2)NC(=O)c2cccc3c2C=CCCC3)cc1. The standard InChI is InChI=1S/C33H34F4N2O4/c1-20(2)38-30(41)24-16-14-23(15-17-24)29(40)28(19-21-8-6-11-25(18-21)43-33(36,37)32(34)35)39-31(42)27-13-7-10-22-9-4-3-5-12-26(22)27/h5-8,10-18,20,28-29,32,40H,3-4,9,19H2,1-2H3,(H,38,41)(H,39,42). The normalized spacial score (nSPS) is 14.5. The number of amides is 2. The molecular weight excluding hydrogens is 564 g/mol. The van der Waals surface area contributed by atoms with Crippen LogP contribution in [0.2, 0.25) is 0 Å². The van der Waals surface area contributed by atoms with Crippen molar-refractivity contribution in [3.63, 3.8) is 0 Å². The summed E-state index contributed by atoms with van der Waals surface area (Å²) in [4.78, 5) is 26.0. The first-order valence-corrected chi connectivity index (χ1v) is 14.1. The molecule has 0 heterocycles. The highest BCUT2D eigenvalue weighted by Crippen LogP contribution is 2.29. The average Bonchev–Trinajstić information content (AvgIpc) is 3.22. The van der Waals surface area contributed by atoms with Gasteiger partial charge in [-0.2, -0.15) is 17.6 Å². The first kappa shape index (κ1) is 31.7. The van der Waals surface area contributed by atoms with E-state index in [1.165, 1.54) is 12.1 Å². The first-order chi connectivity index (χ1) is 20.4. The number of benzene rings is 3. The van der Waals surface area contributed by atoms with Crippen molar-refractivity contribution < 1.29 is 37.0 Å². The predicted molar refractivity (Wildman–Crippen MR) is 155 cm³/mol. The topological polar surface area (TPSA) is 87.7 Å². The molecule has 1 aliphatic rings. The van der Waals surface area contributed by atoms with Gasteiger partial charge in [0.05, 0.1) is 12.1 Å². The van der Waals surface area contributed by atoms with Crippen LogP contribution in [0.4, 0.5) is 17.6 Å². The molecule has 6 nitrogen and oxygen atoms in total. The Labute approximate surface area is 247 Å². The van der Waals surface area contributed by atoms with Gasteiger partial charge in [0.2, 0.25) is 0 Å². The van der Waals surface area contributed by atoms with Gasteiger partial charge in [0.1, 0.15) is 5.75 Å². The van der Waals surface area contributed by atoms with Crippen molar-refractivity contribution in [2.75, 3.05) is 0 Å². The number of aliphatic hydroxyl groups excluding tert-OH is 1. The number of hydrogen-bond acceptors (Lipinski definition) is 4. The van der Waals surface area contributed by atoms with Gasteiger partial charge in [-0.1, -0.05) is 48.6 Å². The van der Waals surface area contributed by atoms with Crippen LogP contribution in [0.15, 0.2) is 72.8 Å². The van der Waals surface area contributed by atoms with E-state index in [0.29, 0.717) is 22.3 Å². The molecule has 10 heteroatoms. The number of hydrogen-bond donors (Lipinski definition) is 3. The summed E-state index contributed by atoms with van der Waals surface area (Å²) in [7, 11) is 0. The van der Waals surface area contributed by atoms with Crippen molar-refractivity contribution in [1.29, 1.82) is 0 Å². The van der Waals surface area contributed by atoms with Gasteiger partial charge < -0.3 is 20.5 Å². The Morgan fingerprint density at radius 3 is 2.40 bits per heavy atom. The number of alkyl halides is 4. The van der Waals surface area contributed by atoms with Crippen LogP contribution in [-0.2, 0) is 12.8 Å². The number of nitrogens with one attached hydrogen (secondary N) is 2. The lowest BCUT2D eigenvalue weighted by molar-refractivity contribution is -0.253. The van der Waals surface area contributed by atoms with E-state index in [9.17, 15) is 32.3 Å². The van der Waals surface area contributed by atoms with Crippen LogP contribution >= 0.6 is 0 Å². The minimum atomic E-state index is -4.69. The molecule has 0 radical (unpaired) electrons. The van der Waals surface area contributed by atoms with Crippen LogP contribution in [0, 0.1) is 0 Å². The van der Waals surface area contributed by atoms with Crippen molar-refractivity contribution in [2.24, 2.45) is 0 Å². The summed E-state index contributed by atoms with van der Waals surface area (Å²) in [6, 6.07) is 15.9. The number of carbonyl (C=O) groups is 2. The zero-order chi connectivity index (χ0) is 31.1. The average molecular weight is 599 g/mol. The fraction of sp³-hybridized carbons (Fsp3) is 0.333. The third-order valence-electron chi connectivity index (χ3n) is 7.04. The molecule has 43 heavy (non-hydrogen) atoms. The fourth-order valence-electron chi connectivity index (χ4n) is 4.93. The van der Waals surface area contributed by atoms with E-state index in [0.717, 1.165) is 36.5 Å². The fourth-order valence-corrected chi connectivity index (χ4v) is 4.93. The zero-order valence-electron chi connectivity index (χ0n) is 23.8. The Balaban J connectivity index is 1.63. The summed E-state index contributed by atoms with van der Waals surface area (Å²) in [5.41, 5.74) is 3.37. The molecule has 0 saturated heterocycles. The third-order valence-corrected chi connectivity index (χ3v) is 7.04. The lowest BCUT2D eigenvalue weighted by Gasteiger charge is -2.26. The maximum atomic E-state index is 13.6. The van der Waals surface area contributed by atoms with E-state index in [1.807, 2.05) is 32.1 Å². The summed E-state index contributed by atoms with van der Waals surface area (Å²) in [6.45, 7) is 3.67. The quantitative estimate of drug-likeness (QED) is 0.221. The van der Waals surface area contributed by atoms with Gasteiger partial charge in [-0.25, -0.2) is 0 Å². The molecule has 2 unspecified atom stereocenters. The van der Waals surface area contributed by atoms with Crippen molar-refractivity contribution >= 4 is 17.9 Å². The Bertz CT molecular complexity index is 1460. The highest BCUT2D eigenvalue weighted by Gasteiger charge is 2.44. The molecule has 0 fully saturated rings. The van der Waals surface area contributed by atoms with Gasteiger partial charge >= 0.3 is 12.5 Å². The molecule has 0 spiro atoms. The molecule has 228 valence electrons. The Morgan fingerprint density at radius 1 is 0.977 bits per heavy atom. The maximum absolute atomic E-state index is 13.6. The van der Waals surface area contributed by atoms with E-state index in [1.54, 1.807) is 42.5 Å². The van der Waals surface area contributed by atoms with Gasteiger partial charge in [-0.15, -0.1) is 0 Å². The zero-order valence-corrected chi connectivity index (χ0v) is 23.8. The third kappa shape index (κ3) is 8.22. The number of ether oxygens (including phenoxy) is 1. The minimum absolute atomic E-state index is 0.0508. The van der Waals surface area contributed by atoms with Crippen molar-refractivity contribution in [2.45, 2.75) is 70.3 Å². The monoisotopic (exact) mass is 598 g/mol. The first-order valence-electron chi connectivity index (χ1n) is 14.1. The lowest BCUT2D eigenvalue weighted by Crippen LogP contribution is -2.41. The Hall–Kier alpha value is -4.18. The highest BCUT2D eigenvalue weighted by atomic mass is 19.3. The van der Waals surface area contributed by atoms with Crippen LogP contribution < -0.4 is 15.4 Å². The summed E-state index contributed by atoms with van der Waals surface area (Å²) in [5.74, 6) is -1.21. The molecule has 4 rings (SSSR count). The van der Waals surface area contributed by atoms with Crippen molar-refractivity contribution in [3.05, 3.63) is 106 Å². The predicted octanol–water partition coefficient (Wildman–Crippen LogP) is 6.49. The van der Waals surface area contributed by atoms with Gasteiger partial charge in [0.15, 0.2) is 0 Å². The van der Waals surface area contributed by atoms with E-state index in [4.69, 9.17) is 0 Å². The molecule has 0 bridgehead atoms. The molecule has 3 aromatic carbocycles. The van der Waals surface area contributed by atoms with Crippen LogP contribution in [-0.4, -0.2) is 41.5 Å². The molecule has 2 amide bonds. The lowest BCUT2D eigenvalue weighted by atomic mass is 9.94. The Morgan fingerprint density at radius 2 is 1.70 bits per heavy atom. The number of aliphatic hydroxyl groups is 1. The number of rotatable bonds is 11. The summed E-state index contributed by atoms with van der Waals surface area (Å²) in [6.07, 6.45) is -3.49. The van der Waals surface area contributed by atoms with Crippen molar-refractivity contribution in [1.82, 2.24) is 10.6 Å². The van der Waals surface area contributed by atoms with Crippen LogP contribution in [0.5, 0.6) is 5.75 Å². The van der Waals surface area contributed by atoms with Crippen molar-refractivity contribution in [3.8, 4) is 5.75 Å². The summed E-state index contributed by atoms with van der Waals surface area (Å²) in [5, 5.41) is 17.1. The maximum Gasteiger partial charge on any atom is 0.461 e. The largest absolute Gasteiger partial charge is 0.461 e. The van der Waals surface area contributed by atoms with Gasteiger partial charge in [0.25, 0.3) is 11.8 Å². The Kier molecular flexibility index (Phi) is 10.2. The highest BCUT2D eigenvalue weighted by molar-refractivity contribution is 5.98. The number of allylic oxidation sites excluding steroid dienone is 1. The molecule has 0 aliphatic heterocycles. The summed E-state index contributed by atoms with van der Waals surface area (Å²) >= 11 is 0. The second-order valence-electron chi connectivity index (χ2n) is 10.8. The van der Waals surface area contributed by atoms with E-state index in [-0.39, 0.29) is 18.4 Å². The van der Waals surface area contributed by atoms with Crippen LogP contribution in [0.1, 0.15) is 75.8 Å². The van der Waals surface area contributed by atoms with Crippen LogP contribution in [0.25, 0.3) is 6.08 Å². The van der Waals surface area contributed by atoms with E-state index in [2.05, 4.69) is 15.4 Å². The van der Waals surface area contributed by atoms with Gasteiger partial charge in [0, 0.05) is 17.2 Å². The molecular formula is C33H34F4N2O4. The molecule has 0 saturated carbocycles. The van der Waals surface area contributed by atoms with E-state index < -0.39 is 36.3 Å². The number of halogens is 4. The minimum Gasteiger partial charge on any atom is -0.428 e. The number of fused-ring (bicyclic) bond motifs is 1. The van der Waals surface area contributed by atoms with Gasteiger partial charge in [-0.05, 0) is 92.1 Å². The second kappa shape index (κ2) is 13.9. The van der Waals surface area contributed by atoms with Crippen LogP contribution in [0.3, 0.4) is 0 Å². The second-order valence-corrected chi connectivity index (χ2v) is 10.8. The number of aryl methyl sites for hydroxylation is 1. The van der Waals surface area contributed by atoms with Gasteiger partial charge in [-0.3, -0.25) is 9.59 Å². The molecule has 3 N–H and O–H groups in total. The number of carbonyl (C=O) groups excluding carboxylic acids is 2. The molecule has 1 aliphatic carbocycles. The molecule has 3 aromatic rings.